The van der Waals surface area contributed by atoms with Gasteiger partial charge in [-0.2, -0.15) is 0 Å². The van der Waals surface area contributed by atoms with Crippen LogP contribution in [-0.2, 0) is 21.2 Å². The van der Waals surface area contributed by atoms with Gasteiger partial charge in [-0.25, -0.2) is 13.1 Å². The summed E-state index contributed by atoms with van der Waals surface area (Å²) in [5, 5.41) is 0. The van der Waals surface area contributed by atoms with Gasteiger partial charge in [-0.05, 0) is 56.0 Å². The molecule has 1 aromatic carbocycles. The van der Waals surface area contributed by atoms with Crippen molar-refractivity contribution >= 4 is 15.9 Å². The molecule has 1 aromatic heterocycles. The van der Waals surface area contributed by atoms with Crippen molar-refractivity contribution in [3.05, 3.63) is 54.0 Å². The molecule has 1 heterocycles. The van der Waals surface area contributed by atoms with Crippen molar-refractivity contribution in [1.29, 1.82) is 0 Å². The standard InChI is InChI=1S/C19H24N2O4S/c1-14(18-4-3-13-25-18)21(2)19(22)12-7-15-5-10-17(11-6-15)26(23,24)20-16-8-9-16/h3-6,10-11,13-14,16,20H,7-9,12H2,1-2H3. The van der Waals surface area contributed by atoms with Crippen LogP contribution in [0.4, 0.5) is 0 Å². The van der Waals surface area contributed by atoms with Gasteiger partial charge in [0.1, 0.15) is 5.76 Å². The first-order chi connectivity index (χ1) is 12.4. The van der Waals surface area contributed by atoms with Gasteiger partial charge in [0, 0.05) is 19.5 Å². The van der Waals surface area contributed by atoms with Crippen molar-refractivity contribution in [1.82, 2.24) is 9.62 Å². The van der Waals surface area contributed by atoms with Gasteiger partial charge in [0.05, 0.1) is 17.2 Å². The second kappa shape index (κ2) is 7.63. The number of rotatable bonds is 8. The van der Waals surface area contributed by atoms with E-state index < -0.39 is 10.0 Å². The first-order valence-electron chi connectivity index (χ1n) is 8.77. The minimum atomic E-state index is -3.43. The number of amides is 1. The predicted octanol–water partition coefficient (Wildman–Crippen LogP) is 2.87. The van der Waals surface area contributed by atoms with Crippen LogP contribution in [0.25, 0.3) is 0 Å². The lowest BCUT2D eigenvalue weighted by Crippen LogP contribution is -2.29. The summed E-state index contributed by atoms with van der Waals surface area (Å²) in [4.78, 5) is 14.3. The number of sulfonamides is 1. The fourth-order valence-electron chi connectivity index (χ4n) is 2.69. The molecule has 1 fully saturated rings. The quantitative estimate of drug-likeness (QED) is 0.768. The number of aryl methyl sites for hydroxylation is 1. The Bertz CT molecular complexity index is 840. The first kappa shape index (κ1) is 18.7. The van der Waals surface area contributed by atoms with E-state index in [4.69, 9.17) is 4.42 Å². The number of furan rings is 1. The molecule has 26 heavy (non-hydrogen) atoms. The number of nitrogens with one attached hydrogen (secondary N) is 1. The molecule has 1 unspecified atom stereocenters. The second-order valence-electron chi connectivity index (χ2n) is 6.74. The van der Waals surface area contributed by atoms with Gasteiger partial charge in [0.2, 0.25) is 15.9 Å². The molecule has 140 valence electrons. The third-order valence-electron chi connectivity index (χ3n) is 4.69. The molecule has 2 aromatic rings. The molecular weight excluding hydrogens is 352 g/mol. The van der Waals surface area contributed by atoms with Crippen LogP contribution < -0.4 is 4.72 Å². The third kappa shape index (κ3) is 4.53. The Morgan fingerprint density at radius 2 is 1.96 bits per heavy atom. The molecule has 0 spiro atoms. The van der Waals surface area contributed by atoms with E-state index in [2.05, 4.69) is 4.72 Å². The monoisotopic (exact) mass is 376 g/mol. The average molecular weight is 376 g/mol. The van der Waals surface area contributed by atoms with Gasteiger partial charge in [0.25, 0.3) is 0 Å². The molecule has 1 saturated carbocycles. The highest BCUT2D eigenvalue weighted by Crippen LogP contribution is 2.23. The average Bonchev–Trinajstić information content (AvgIpc) is 3.25. The van der Waals surface area contributed by atoms with E-state index in [-0.39, 0.29) is 22.9 Å². The zero-order chi connectivity index (χ0) is 18.7. The zero-order valence-electron chi connectivity index (χ0n) is 15.0. The molecule has 0 aliphatic heterocycles. The highest BCUT2D eigenvalue weighted by Gasteiger charge is 2.27. The van der Waals surface area contributed by atoms with Crippen LogP contribution in [0.5, 0.6) is 0 Å². The highest BCUT2D eigenvalue weighted by molar-refractivity contribution is 7.89. The molecule has 0 bridgehead atoms. The number of hydrogen-bond acceptors (Lipinski definition) is 4. The SMILES string of the molecule is CC(c1ccco1)N(C)C(=O)CCc1ccc(S(=O)(=O)NC2CC2)cc1. The lowest BCUT2D eigenvalue weighted by molar-refractivity contribution is -0.132. The number of carbonyl (C=O) groups is 1. The maximum absolute atomic E-state index is 12.4. The van der Waals surface area contributed by atoms with Gasteiger partial charge in [-0.1, -0.05) is 12.1 Å². The van der Waals surface area contributed by atoms with Crippen molar-refractivity contribution in [2.75, 3.05) is 7.05 Å². The van der Waals surface area contributed by atoms with Crippen molar-refractivity contribution in [3.8, 4) is 0 Å². The molecular formula is C19H24N2O4S. The summed E-state index contributed by atoms with van der Waals surface area (Å²) in [6.45, 7) is 1.92. The van der Waals surface area contributed by atoms with Crippen LogP contribution in [0.3, 0.4) is 0 Å². The van der Waals surface area contributed by atoms with Crippen LogP contribution in [0, 0.1) is 0 Å². The molecule has 1 amide bonds. The normalized spacial score (nSPS) is 15.6. The predicted molar refractivity (Wildman–Crippen MR) is 98.0 cm³/mol. The molecule has 1 aliphatic rings. The van der Waals surface area contributed by atoms with Crippen LogP contribution in [0.1, 0.15) is 43.6 Å². The van der Waals surface area contributed by atoms with E-state index in [0.29, 0.717) is 12.8 Å². The third-order valence-corrected chi connectivity index (χ3v) is 6.23. The van der Waals surface area contributed by atoms with Crippen molar-refractivity contribution in [2.45, 2.75) is 49.6 Å². The van der Waals surface area contributed by atoms with Gasteiger partial charge < -0.3 is 9.32 Å². The Morgan fingerprint density at radius 3 is 2.54 bits per heavy atom. The number of benzene rings is 1. The fourth-order valence-corrected chi connectivity index (χ4v) is 3.99. The molecule has 3 rings (SSSR count). The maximum Gasteiger partial charge on any atom is 0.240 e. The Kier molecular flexibility index (Phi) is 5.48. The fraction of sp³-hybridized carbons (Fsp3) is 0.421. The summed E-state index contributed by atoms with van der Waals surface area (Å²) in [5.74, 6) is 0.763. The van der Waals surface area contributed by atoms with Crippen LogP contribution in [0.2, 0.25) is 0 Å². The van der Waals surface area contributed by atoms with E-state index in [0.717, 1.165) is 24.2 Å². The van der Waals surface area contributed by atoms with Crippen LogP contribution >= 0.6 is 0 Å². The summed E-state index contributed by atoms with van der Waals surface area (Å²) < 4.78 is 32.3. The van der Waals surface area contributed by atoms with E-state index in [1.807, 2.05) is 13.0 Å². The Labute approximate surface area is 154 Å². The molecule has 1 N–H and O–H groups in total. The topological polar surface area (TPSA) is 79.6 Å². The maximum atomic E-state index is 12.4. The van der Waals surface area contributed by atoms with E-state index in [1.165, 1.54) is 0 Å². The Balaban J connectivity index is 1.55. The van der Waals surface area contributed by atoms with Gasteiger partial charge >= 0.3 is 0 Å². The number of nitrogens with zero attached hydrogens (tertiary/aromatic N) is 1. The van der Waals surface area contributed by atoms with Crippen molar-refractivity contribution in [3.63, 3.8) is 0 Å². The summed E-state index contributed by atoms with van der Waals surface area (Å²) in [7, 11) is -1.67. The summed E-state index contributed by atoms with van der Waals surface area (Å²) in [6.07, 6.45) is 4.32. The van der Waals surface area contributed by atoms with Crippen molar-refractivity contribution in [2.24, 2.45) is 0 Å². The first-order valence-corrected chi connectivity index (χ1v) is 10.3. The van der Waals surface area contributed by atoms with Gasteiger partial charge in [-0.3, -0.25) is 4.79 Å². The lowest BCUT2D eigenvalue weighted by Gasteiger charge is -2.23. The molecule has 1 aliphatic carbocycles. The largest absolute Gasteiger partial charge is 0.467 e. The van der Waals surface area contributed by atoms with E-state index in [1.54, 1.807) is 48.5 Å². The molecule has 1 atom stereocenters. The lowest BCUT2D eigenvalue weighted by atomic mass is 10.1. The molecule has 0 saturated heterocycles. The van der Waals surface area contributed by atoms with Gasteiger partial charge in [0.15, 0.2) is 0 Å². The van der Waals surface area contributed by atoms with E-state index >= 15 is 0 Å². The number of carbonyl (C=O) groups excluding carboxylic acids is 1. The molecule has 0 radical (unpaired) electrons. The summed E-state index contributed by atoms with van der Waals surface area (Å²) in [5.41, 5.74) is 0.933. The van der Waals surface area contributed by atoms with E-state index in [9.17, 15) is 13.2 Å². The minimum absolute atomic E-state index is 0.0148. The van der Waals surface area contributed by atoms with Crippen LogP contribution in [0.15, 0.2) is 52.0 Å². The number of hydrogen-bond donors (Lipinski definition) is 1. The summed E-state index contributed by atoms with van der Waals surface area (Å²) >= 11 is 0. The highest BCUT2D eigenvalue weighted by atomic mass is 32.2. The Morgan fingerprint density at radius 1 is 1.27 bits per heavy atom. The molecule has 7 heteroatoms. The van der Waals surface area contributed by atoms with Gasteiger partial charge in [-0.15, -0.1) is 0 Å². The zero-order valence-corrected chi connectivity index (χ0v) is 15.8. The minimum Gasteiger partial charge on any atom is -0.467 e. The van der Waals surface area contributed by atoms with Crippen LogP contribution in [-0.4, -0.2) is 32.3 Å². The molecule has 6 nitrogen and oxygen atoms in total. The Hall–Kier alpha value is -2.12. The smallest absolute Gasteiger partial charge is 0.240 e. The second-order valence-corrected chi connectivity index (χ2v) is 8.45. The summed E-state index contributed by atoms with van der Waals surface area (Å²) in [6, 6.07) is 10.3. The van der Waals surface area contributed by atoms with Crippen molar-refractivity contribution < 1.29 is 17.6 Å².